The highest BCUT2D eigenvalue weighted by molar-refractivity contribution is 7.89. The van der Waals surface area contributed by atoms with Crippen LogP contribution in [0.4, 0.5) is 0 Å². The van der Waals surface area contributed by atoms with E-state index in [2.05, 4.69) is 0 Å². The first-order chi connectivity index (χ1) is 7.83. The molecule has 2 aromatic rings. The third-order valence-electron chi connectivity index (χ3n) is 2.25. The van der Waals surface area contributed by atoms with Gasteiger partial charge in [-0.2, -0.15) is 0 Å². The highest BCUT2D eigenvalue weighted by atomic mass is 32.2. The molecule has 82 valence electrons. The van der Waals surface area contributed by atoms with Gasteiger partial charge < -0.3 is 4.55 Å². The molecule has 0 aliphatic rings. The normalized spacial score (nSPS) is 12.4. The van der Waals surface area contributed by atoms with Gasteiger partial charge >= 0.3 is 0 Å². The Hall–Kier alpha value is -1.33. The number of hydrogen-bond acceptors (Lipinski definition) is 3. The van der Waals surface area contributed by atoms with Crippen LogP contribution < -0.4 is 4.89 Å². The monoisotopic (exact) mass is 233 g/mol. The summed E-state index contributed by atoms with van der Waals surface area (Å²) < 4.78 is 11.6. The second-order valence-corrected chi connectivity index (χ2v) is 4.38. The van der Waals surface area contributed by atoms with Crippen molar-refractivity contribution in [2.45, 2.75) is 4.90 Å². The Labute approximate surface area is 97.0 Å². The van der Waals surface area contributed by atoms with E-state index in [9.17, 15) is 4.55 Å². The van der Waals surface area contributed by atoms with Crippen molar-refractivity contribution in [3.8, 4) is 11.1 Å². The summed E-state index contributed by atoms with van der Waals surface area (Å²) in [5.74, 6) is 0. The molecule has 3 nitrogen and oxygen atoms in total. The van der Waals surface area contributed by atoms with Crippen LogP contribution in [0.25, 0.3) is 11.1 Å². The van der Waals surface area contributed by atoms with Gasteiger partial charge in [0.1, 0.15) is 11.4 Å². The average molecular weight is 233 g/mol. The van der Waals surface area contributed by atoms with Gasteiger partial charge in [0.25, 0.3) is 0 Å². The largest absolute Gasteiger partial charge is 0.591 e. The lowest BCUT2D eigenvalue weighted by Crippen LogP contribution is -2.20. The van der Waals surface area contributed by atoms with Gasteiger partial charge in [0, 0.05) is 5.56 Å². The molecule has 4 heteroatoms. The first-order valence-electron chi connectivity index (χ1n) is 4.79. The van der Waals surface area contributed by atoms with E-state index in [0.717, 1.165) is 11.1 Å². The van der Waals surface area contributed by atoms with E-state index in [1.165, 1.54) is 0 Å². The molecule has 0 fully saturated rings. The summed E-state index contributed by atoms with van der Waals surface area (Å²) in [6, 6.07) is 16.9. The topological polar surface area (TPSA) is 55.3 Å². The van der Waals surface area contributed by atoms with Crippen LogP contribution in [-0.4, -0.2) is 9.76 Å². The van der Waals surface area contributed by atoms with Crippen LogP contribution in [0.3, 0.4) is 0 Å². The van der Waals surface area contributed by atoms with Crippen LogP contribution in [0.5, 0.6) is 0 Å². The molecule has 2 aromatic carbocycles. The van der Waals surface area contributed by atoms with E-state index in [1.807, 2.05) is 42.5 Å². The molecule has 2 rings (SSSR count). The standard InChI is InChI=1S/C12H11NO2S/c14-13-16(15)12-9-5-4-8-11(12)10-6-2-1-3-7-10/h1-9,13-14H. The molecule has 0 radical (unpaired) electrons. The molecule has 0 amide bonds. The average Bonchev–Trinajstić information content (AvgIpc) is 2.39. The van der Waals surface area contributed by atoms with Gasteiger partial charge in [-0.1, -0.05) is 42.5 Å². The molecule has 0 aliphatic heterocycles. The Balaban J connectivity index is 2.49. The smallest absolute Gasteiger partial charge is 0.184 e. The summed E-state index contributed by atoms with van der Waals surface area (Å²) in [4.78, 5) is 2.33. The molecule has 1 unspecified atom stereocenters. The Morgan fingerprint density at radius 3 is 2.25 bits per heavy atom. The van der Waals surface area contributed by atoms with Crippen LogP contribution in [0.2, 0.25) is 0 Å². The molecule has 0 spiro atoms. The van der Waals surface area contributed by atoms with E-state index in [-0.39, 0.29) is 0 Å². The van der Waals surface area contributed by atoms with Gasteiger partial charge in [-0.05, 0) is 22.6 Å². The number of rotatable bonds is 3. The third-order valence-corrected chi connectivity index (χ3v) is 3.18. The predicted molar refractivity (Wildman–Crippen MR) is 63.2 cm³/mol. The van der Waals surface area contributed by atoms with Crippen LogP contribution in [0, 0.1) is 0 Å². The Kier molecular flexibility index (Phi) is 3.58. The van der Waals surface area contributed by atoms with Crippen molar-refractivity contribution in [1.82, 2.24) is 4.89 Å². The quantitative estimate of drug-likeness (QED) is 0.632. The maximum atomic E-state index is 11.6. The van der Waals surface area contributed by atoms with Crippen molar-refractivity contribution >= 4 is 11.4 Å². The van der Waals surface area contributed by atoms with E-state index < -0.39 is 11.4 Å². The van der Waals surface area contributed by atoms with Crippen molar-refractivity contribution in [1.29, 1.82) is 0 Å². The van der Waals surface area contributed by atoms with E-state index >= 15 is 0 Å². The molecule has 0 heterocycles. The van der Waals surface area contributed by atoms with Crippen LogP contribution in [0.1, 0.15) is 0 Å². The van der Waals surface area contributed by atoms with Crippen molar-refractivity contribution < 1.29 is 9.76 Å². The zero-order valence-corrected chi connectivity index (χ0v) is 9.28. The summed E-state index contributed by atoms with van der Waals surface area (Å²) in [6.07, 6.45) is 0. The molecular formula is C12H11NO2S. The van der Waals surface area contributed by atoms with Gasteiger partial charge in [0.2, 0.25) is 0 Å². The van der Waals surface area contributed by atoms with Gasteiger partial charge in [0.15, 0.2) is 4.90 Å². The third kappa shape index (κ3) is 2.25. The minimum atomic E-state index is -1.60. The summed E-state index contributed by atoms with van der Waals surface area (Å²) in [5.41, 5.74) is 1.82. The van der Waals surface area contributed by atoms with Crippen LogP contribution in [-0.2, 0) is 11.4 Å². The number of benzene rings is 2. The minimum absolute atomic E-state index is 0.566. The Morgan fingerprint density at radius 2 is 1.56 bits per heavy atom. The second-order valence-electron chi connectivity index (χ2n) is 3.22. The fraction of sp³-hybridized carbons (Fsp3) is 0. The molecule has 0 aromatic heterocycles. The lowest BCUT2D eigenvalue weighted by molar-refractivity contribution is 0.242. The summed E-state index contributed by atoms with van der Waals surface area (Å²) in [7, 11) is 0. The van der Waals surface area contributed by atoms with Crippen molar-refractivity contribution in [2.24, 2.45) is 0 Å². The van der Waals surface area contributed by atoms with Crippen molar-refractivity contribution in [2.75, 3.05) is 0 Å². The fourth-order valence-electron chi connectivity index (χ4n) is 1.53. The van der Waals surface area contributed by atoms with E-state index in [1.54, 1.807) is 17.0 Å². The molecule has 0 saturated carbocycles. The van der Waals surface area contributed by atoms with Crippen molar-refractivity contribution in [3.05, 3.63) is 54.6 Å². The highest BCUT2D eigenvalue weighted by Gasteiger charge is 2.15. The molecule has 0 saturated heterocycles. The molecule has 0 bridgehead atoms. The fourth-order valence-corrected chi connectivity index (χ4v) is 2.22. The van der Waals surface area contributed by atoms with Gasteiger partial charge in [-0.25, -0.2) is 0 Å². The molecular weight excluding hydrogens is 222 g/mol. The summed E-state index contributed by atoms with van der Waals surface area (Å²) in [6.45, 7) is 0. The van der Waals surface area contributed by atoms with E-state index in [0.29, 0.717) is 4.90 Å². The van der Waals surface area contributed by atoms with Gasteiger partial charge in [-0.15, -0.1) is 0 Å². The van der Waals surface area contributed by atoms with Crippen LogP contribution in [0.15, 0.2) is 59.5 Å². The first kappa shape index (κ1) is 11.2. The first-order valence-corrected chi connectivity index (χ1v) is 5.94. The number of nitrogens with one attached hydrogen (secondary N) is 1. The molecule has 1 atom stereocenters. The predicted octanol–water partition coefficient (Wildman–Crippen LogP) is 2.36. The summed E-state index contributed by atoms with van der Waals surface area (Å²) in [5, 5.41) is 8.71. The lowest BCUT2D eigenvalue weighted by atomic mass is 10.1. The summed E-state index contributed by atoms with van der Waals surface area (Å²) >= 11 is -1.60. The van der Waals surface area contributed by atoms with Gasteiger partial charge in [-0.3, -0.25) is 5.21 Å². The minimum Gasteiger partial charge on any atom is -0.591 e. The molecule has 2 N–H and O–H groups in total. The van der Waals surface area contributed by atoms with Crippen molar-refractivity contribution in [3.63, 3.8) is 0 Å². The SMILES string of the molecule is [O-][S+](NO)c1ccccc1-c1ccccc1. The Morgan fingerprint density at radius 1 is 0.938 bits per heavy atom. The highest BCUT2D eigenvalue weighted by Crippen LogP contribution is 2.26. The van der Waals surface area contributed by atoms with Gasteiger partial charge in [0.05, 0.1) is 0 Å². The number of hydrogen-bond donors (Lipinski definition) is 2. The lowest BCUT2D eigenvalue weighted by Gasteiger charge is -2.10. The maximum absolute atomic E-state index is 11.6. The molecule has 0 aliphatic carbocycles. The Bertz CT molecular complexity index is 462. The maximum Gasteiger partial charge on any atom is 0.184 e. The zero-order valence-electron chi connectivity index (χ0n) is 8.46. The second kappa shape index (κ2) is 5.14. The molecule has 16 heavy (non-hydrogen) atoms. The zero-order chi connectivity index (χ0) is 11.4. The van der Waals surface area contributed by atoms with E-state index in [4.69, 9.17) is 5.21 Å². The van der Waals surface area contributed by atoms with Crippen LogP contribution >= 0.6 is 0 Å².